The van der Waals surface area contributed by atoms with Gasteiger partial charge in [-0.05, 0) is 48.4 Å². The molecule has 7 heteroatoms. The van der Waals surface area contributed by atoms with Crippen molar-refractivity contribution in [1.29, 1.82) is 0 Å². The van der Waals surface area contributed by atoms with E-state index in [1.165, 1.54) is 24.1 Å². The van der Waals surface area contributed by atoms with E-state index >= 15 is 0 Å². The summed E-state index contributed by atoms with van der Waals surface area (Å²) in [6.45, 7) is 2.21. The molecule has 0 aromatic heterocycles. The van der Waals surface area contributed by atoms with Gasteiger partial charge in [0, 0.05) is 19.2 Å². The van der Waals surface area contributed by atoms with E-state index in [9.17, 15) is 19.8 Å². The fourth-order valence-corrected chi connectivity index (χ4v) is 3.52. The molecule has 3 rings (SSSR count). The van der Waals surface area contributed by atoms with E-state index in [1.807, 2.05) is 6.92 Å². The van der Waals surface area contributed by atoms with Crippen LogP contribution in [0, 0.1) is 6.92 Å². The number of hydrogen-bond donors (Lipinski definition) is 2. The second-order valence-corrected chi connectivity index (χ2v) is 6.76. The van der Waals surface area contributed by atoms with Crippen LogP contribution in [-0.4, -0.2) is 54.2 Å². The molecule has 1 aliphatic heterocycles. The molecule has 1 saturated heterocycles. The number of nitrogens with zero attached hydrogens (tertiary/aromatic N) is 1. The molecule has 0 aliphatic carbocycles. The Morgan fingerprint density at radius 2 is 1.90 bits per heavy atom. The molecule has 1 aliphatic rings. The van der Waals surface area contributed by atoms with Gasteiger partial charge in [0.1, 0.15) is 17.3 Å². The van der Waals surface area contributed by atoms with Crippen molar-refractivity contribution in [2.45, 2.75) is 13.0 Å². The standard InChI is InChI=1S/C22H23NO6/c1-13-11-15(7-8-17(13)29-3)20(25)18-19(14-5-4-6-16(24)12-14)23(9-10-28-2)22(27)21(18)26/h4-8,11-12,19,24-25H,9-10H2,1-3H3/b20-18-. The van der Waals surface area contributed by atoms with E-state index in [0.29, 0.717) is 16.9 Å². The van der Waals surface area contributed by atoms with Crippen LogP contribution in [0.5, 0.6) is 11.5 Å². The minimum absolute atomic E-state index is 0.000112. The highest BCUT2D eigenvalue weighted by molar-refractivity contribution is 6.46. The van der Waals surface area contributed by atoms with E-state index < -0.39 is 17.7 Å². The van der Waals surface area contributed by atoms with Crippen LogP contribution in [0.15, 0.2) is 48.0 Å². The van der Waals surface area contributed by atoms with Crippen LogP contribution < -0.4 is 4.74 Å². The Balaban J connectivity index is 2.17. The molecule has 7 nitrogen and oxygen atoms in total. The number of amides is 1. The number of aliphatic hydroxyl groups is 1. The molecule has 2 aromatic carbocycles. The van der Waals surface area contributed by atoms with Gasteiger partial charge in [-0.25, -0.2) is 0 Å². The number of rotatable bonds is 6. The van der Waals surface area contributed by atoms with Gasteiger partial charge in [-0.1, -0.05) is 12.1 Å². The number of likely N-dealkylation sites (tertiary alicyclic amines) is 1. The van der Waals surface area contributed by atoms with E-state index in [1.54, 1.807) is 37.4 Å². The molecule has 1 amide bonds. The molecule has 2 aromatic rings. The van der Waals surface area contributed by atoms with Gasteiger partial charge in [0.2, 0.25) is 0 Å². The van der Waals surface area contributed by atoms with Crippen molar-refractivity contribution in [3.05, 3.63) is 64.7 Å². The Morgan fingerprint density at radius 1 is 1.14 bits per heavy atom. The Labute approximate surface area is 168 Å². The van der Waals surface area contributed by atoms with Crippen LogP contribution in [0.3, 0.4) is 0 Å². The van der Waals surface area contributed by atoms with Crippen LogP contribution in [0.1, 0.15) is 22.7 Å². The van der Waals surface area contributed by atoms with Crippen molar-refractivity contribution in [3.8, 4) is 11.5 Å². The maximum absolute atomic E-state index is 12.8. The second kappa shape index (κ2) is 8.36. The lowest BCUT2D eigenvalue weighted by molar-refractivity contribution is -0.140. The summed E-state index contributed by atoms with van der Waals surface area (Å²) in [6, 6.07) is 10.5. The Morgan fingerprint density at radius 3 is 2.52 bits per heavy atom. The first kappa shape index (κ1) is 20.4. The lowest BCUT2D eigenvalue weighted by Crippen LogP contribution is -2.32. The van der Waals surface area contributed by atoms with Crippen LogP contribution in [0.4, 0.5) is 0 Å². The number of hydrogen-bond acceptors (Lipinski definition) is 6. The number of ether oxygens (including phenoxy) is 2. The van der Waals surface area contributed by atoms with Gasteiger partial charge in [0.05, 0.1) is 25.3 Å². The third kappa shape index (κ3) is 3.82. The molecule has 152 valence electrons. The third-order valence-electron chi connectivity index (χ3n) is 4.93. The predicted octanol–water partition coefficient (Wildman–Crippen LogP) is 2.78. The number of ketones is 1. The van der Waals surface area contributed by atoms with Crippen LogP contribution in [-0.2, 0) is 14.3 Å². The summed E-state index contributed by atoms with van der Waals surface area (Å²) in [5, 5.41) is 20.9. The van der Waals surface area contributed by atoms with E-state index in [4.69, 9.17) is 9.47 Å². The van der Waals surface area contributed by atoms with Gasteiger partial charge in [-0.3, -0.25) is 9.59 Å². The smallest absolute Gasteiger partial charge is 0.295 e. The second-order valence-electron chi connectivity index (χ2n) is 6.76. The molecule has 1 unspecified atom stereocenters. The maximum atomic E-state index is 12.8. The molecular formula is C22H23NO6. The molecule has 29 heavy (non-hydrogen) atoms. The van der Waals surface area contributed by atoms with Gasteiger partial charge in [-0.15, -0.1) is 0 Å². The Hall–Kier alpha value is -3.32. The van der Waals surface area contributed by atoms with Gasteiger partial charge in [0.25, 0.3) is 11.7 Å². The fraction of sp³-hybridized carbons (Fsp3) is 0.273. The zero-order chi connectivity index (χ0) is 21.1. The maximum Gasteiger partial charge on any atom is 0.295 e. The lowest BCUT2D eigenvalue weighted by atomic mass is 9.94. The molecule has 1 fully saturated rings. The third-order valence-corrected chi connectivity index (χ3v) is 4.93. The van der Waals surface area contributed by atoms with Crippen molar-refractivity contribution in [3.63, 3.8) is 0 Å². The highest BCUT2D eigenvalue weighted by Gasteiger charge is 2.45. The topological polar surface area (TPSA) is 96.3 Å². The zero-order valence-corrected chi connectivity index (χ0v) is 16.5. The number of carbonyl (C=O) groups excluding carboxylic acids is 2. The predicted molar refractivity (Wildman–Crippen MR) is 107 cm³/mol. The molecule has 0 saturated carbocycles. The monoisotopic (exact) mass is 397 g/mol. The minimum Gasteiger partial charge on any atom is -0.508 e. The lowest BCUT2D eigenvalue weighted by Gasteiger charge is -2.25. The molecule has 1 atom stereocenters. The number of aryl methyl sites for hydroxylation is 1. The van der Waals surface area contributed by atoms with Crippen molar-refractivity contribution >= 4 is 17.4 Å². The van der Waals surface area contributed by atoms with Crippen molar-refractivity contribution < 1.29 is 29.3 Å². The number of methoxy groups -OCH3 is 2. The van der Waals surface area contributed by atoms with Gasteiger partial charge < -0.3 is 24.6 Å². The Kier molecular flexibility index (Phi) is 5.89. The van der Waals surface area contributed by atoms with E-state index in [2.05, 4.69) is 0 Å². The molecule has 0 spiro atoms. The SMILES string of the molecule is COCCN1C(=O)C(=O)/C(=C(\O)c2ccc(OC)c(C)c2)C1c1cccc(O)c1. The highest BCUT2D eigenvalue weighted by atomic mass is 16.5. The summed E-state index contributed by atoms with van der Waals surface area (Å²) in [5.41, 5.74) is 1.67. The van der Waals surface area contributed by atoms with E-state index in [0.717, 1.165) is 5.56 Å². The van der Waals surface area contributed by atoms with Crippen LogP contribution >= 0.6 is 0 Å². The van der Waals surface area contributed by atoms with Crippen LogP contribution in [0.2, 0.25) is 0 Å². The van der Waals surface area contributed by atoms with Crippen molar-refractivity contribution in [2.24, 2.45) is 0 Å². The summed E-state index contributed by atoms with van der Waals surface area (Å²) in [4.78, 5) is 26.9. The molecular weight excluding hydrogens is 374 g/mol. The van der Waals surface area contributed by atoms with Gasteiger partial charge >= 0.3 is 0 Å². The summed E-state index contributed by atoms with van der Waals surface area (Å²) in [6.07, 6.45) is 0. The summed E-state index contributed by atoms with van der Waals surface area (Å²) >= 11 is 0. The number of phenolic OH excluding ortho intramolecular Hbond substituents is 1. The summed E-state index contributed by atoms with van der Waals surface area (Å²) in [7, 11) is 3.05. The number of Topliss-reactive ketones (excluding diaryl/α,β-unsaturated/α-hetero) is 1. The first-order valence-electron chi connectivity index (χ1n) is 9.10. The summed E-state index contributed by atoms with van der Waals surface area (Å²) < 4.78 is 10.3. The van der Waals surface area contributed by atoms with Gasteiger partial charge in [0.15, 0.2) is 0 Å². The number of aromatic hydroxyl groups is 1. The largest absolute Gasteiger partial charge is 0.508 e. The molecule has 0 bridgehead atoms. The minimum atomic E-state index is -0.834. The number of carbonyl (C=O) groups is 2. The van der Waals surface area contributed by atoms with Crippen molar-refractivity contribution in [1.82, 2.24) is 4.90 Å². The first-order valence-corrected chi connectivity index (χ1v) is 9.10. The zero-order valence-electron chi connectivity index (χ0n) is 16.5. The van der Waals surface area contributed by atoms with E-state index in [-0.39, 0.29) is 30.2 Å². The quantitative estimate of drug-likeness (QED) is 0.442. The molecule has 2 N–H and O–H groups in total. The number of aliphatic hydroxyl groups excluding tert-OH is 1. The van der Waals surface area contributed by atoms with Crippen molar-refractivity contribution in [2.75, 3.05) is 27.4 Å². The fourth-order valence-electron chi connectivity index (χ4n) is 3.52. The molecule has 1 heterocycles. The number of phenols is 1. The summed E-state index contributed by atoms with van der Waals surface area (Å²) in [5.74, 6) is -1.13. The average molecular weight is 397 g/mol. The number of benzene rings is 2. The Bertz CT molecular complexity index is 981. The first-order chi connectivity index (χ1) is 13.9. The average Bonchev–Trinajstić information content (AvgIpc) is 2.96. The van der Waals surface area contributed by atoms with Gasteiger partial charge in [-0.2, -0.15) is 0 Å². The highest BCUT2D eigenvalue weighted by Crippen LogP contribution is 2.40. The van der Waals surface area contributed by atoms with Crippen LogP contribution in [0.25, 0.3) is 5.76 Å². The normalized spacial score (nSPS) is 18.3. The molecule has 0 radical (unpaired) electrons.